The van der Waals surface area contributed by atoms with Crippen molar-refractivity contribution >= 4 is 25.8 Å². The second-order valence-electron chi connectivity index (χ2n) is 5.47. The van der Waals surface area contributed by atoms with Crippen LogP contribution in [-0.4, -0.2) is 58.6 Å². The van der Waals surface area contributed by atoms with Crippen LogP contribution in [0.1, 0.15) is 6.92 Å². The average molecular weight is 443 g/mol. The molecule has 0 radical (unpaired) electrons. The monoisotopic (exact) mass is 443 g/mol. The maximum absolute atomic E-state index is 12.4. The van der Waals surface area contributed by atoms with Gasteiger partial charge in [0, 0.05) is 12.8 Å². The molecule has 1 aromatic carbocycles. The Balaban J connectivity index is 3.15. The molecule has 0 aromatic heterocycles. The van der Waals surface area contributed by atoms with Crippen molar-refractivity contribution in [2.75, 3.05) is 18.6 Å². The molecule has 1 rings (SSSR count). The number of likely N-dealkylation sites (N-methyl/N-ethyl adjacent to an activating group) is 1. The highest BCUT2D eigenvalue weighted by Crippen LogP contribution is 2.24. The third kappa shape index (κ3) is 7.33. The Kier molecular flexibility index (Phi) is 7.40. The normalized spacial score (nSPS) is 13.4. The SMILES string of the molecule is CCN(C#N)C(=O)C(CS(C)(=O)=O)NS(=O)(=O)c1ccc(OC(F)(F)F)cc1. The largest absolute Gasteiger partial charge is 0.573 e. The fraction of sp³-hybridized carbons (Fsp3) is 0.429. The van der Waals surface area contributed by atoms with Crippen molar-refractivity contribution in [3.63, 3.8) is 0 Å². The van der Waals surface area contributed by atoms with Gasteiger partial charge in [-0.1, -0.05) is 0 Å². The standard InChI is InChI=1S/C14H16F3N3O6S2/c1-3-20(9-18)13(21)12(8-27(2,22)23)19-28(24,25)11-6-4-10(5-7-11)26-14(15,16)17/h4-7,12,19H,3,8H2,1-2H3. The number of alkyl halides is 3. The van der Waals surface area contributed by atoms with E-state index in [0.717, 1.165) is 30.5 Å². The average Bonchev–Trinajstić information content (AvgIpc) is 2.52. The van der Waals surface area contributed by atoms with Crippen molar-refractivity contribution < 1.29 is 39.5 Å². The minimum absolute atomic E-state index is 0.124. The smallest absolute Gasteiger partial charge is 0.406 e. The summed E-state index contributed by atoms with van der Waals surface area (Å²) in [7, 11) is -8.32. The Morgan fingerprint density at radius 1 is 1.25 bits per heavy atom. The van der Waals surface area contributed by atoms with Gasteiger partial charge >= 0.3 is 6.36 Å². The minimum Gasteiger partial charge on any atom is -0.406 e. The summed E-state index contributed by atoms with van der Waals surface area (Å²) >= 11 is 0. The molecule has 0 heterocycles. The van der Waals surface area contributed by atoms with Crippen LogP contribution in [0.15, 0.2) is 29.2 Å². The van der Waals surface area contributed by atoms with E-state index in [-0.39, 0.29) is 6.54 Å². The third-order valence-corrected chi connectivity index (χ3v) is 5.56. The van der Waals surface area contributed by atoms with Gasteiger partial charge in [0.25, 0.3) is 5.91 Å². The first-order valence-corrected chi connectivity index (χ1v) is 11.0. The van der Waals surface area contributed by atoms with Gasteiger partial charge < -0.3 is 4.74 Å². The van der Waals surface area contributed by atoms with Gasteiger partial charge in [-0.2, -0.15) is 9.98 Å². The van der Waals surface area contributed by atoms with Crippen LogP contribution < -0.4 is 9.46 Å². The maximum Gasteiger partial charge on any atom is 0.573 e. The molecule has 1 atom stereocenters. The number of nitriles is 1. The number of sulfone groups is 1. The number of nitrogens with zero attached hydrogens (tertiary/aromatic N) is 2. The van der Waals surface area contributed by atoms with E-state index < -0.39 is 54.6 Å². The number of carbonyl (C=O) groups excluding carboxylic acids is 1. The highest BCUT2D eigenvalue weighted by molar-refractivity contribution is 7.91. The molecule has 9 nitrogen and oxygen atoms in total. The first-order valence-electron chi connectivity index (χ1n) is 7.45. The van der Waals surface area contributed by atoms with Gasteiger partial charge in [0.2, 0.25) is 10.0 Å². The minimum atomic E-state index is -4.97. The van der Waals surface area contributed by atoms with Crippen LogP contribution in [0.25, 0.3) is 0 Å². The van der Waals surface area contributed by atoms with Crippen molar-refractivity contribution in [3.05, 3.63) is 24.3 Å². The fourth-order valence-corrected chi connectivity index (χ4v) is 4.12. The van der Waals surface area contributed by atoms with Gasteiger partial charge in [-0.25, -0.2) is 21.7 Å². The summed E-state index contributed by atoms with van der Waals surface area (Å²) < 4.78 is 89.9. The van der Waals surface area contributed by atoms with E-state index in [9.17, 15) is 34.8 Å². The molecule has 0 bridgehead atoms. The predicted octanol–water partition coefficient (Wildman–Crippen LogP) is 0.606. The Morgan fingerprint density at radius 3 is 2.18 bits per heavy atom. The van der Waals surface area contributed by atoms with Gasteiger partial charge in [-0.05, 0) is 31.2 Å². The van der Waals surface area contributed by atoms with Crippen LogP contribution in [0.3, 0.4) is 0 Å². The Hall–Kier alpha value is -2.37. The molecule has 14 heteroatoms. The number of carbonyl (C=O) groups is 1. The zero-order valence-electron chi connectivity index (χ0n) is 14.6. The summed E-state index contributed by atoms with van der Waals surface area (Å²) in [5.41, 5.74) is 0. The molecule has 0 aliphatic carbocycles. The lowest BCUT2D eigenvalue weighted by Crippen LogP contribution is -2.50. The molecule has 1 unspecified atom stereocenters. The summed E-state index contributed by atoms with van der Waals surface area (Å²) in [6.07, 6.45) is -2.69. The number of ether oxygens (including phenoxy) is 1. The number of hydrogen-bond donors (Lipinski definition) is 1. The Labute approximate surface area is 159 Å². The van der Waals surface area contributed by atoms with E-state index in [1.54, 1.807) is 0 Å². The summed E-state index contributed by atoms with van der Waals surface area (Å²) in [4.78, 5) is 12.3. The third-order valence-electron chi connectivity index (χ3n) is 3.14. The summed E-state index contributed by atoms with van der Waals surface area (Å²) in [6.45, 7) is 1.30. The van der Waals surface area contributed by atoms with Crippen LogP contribution in [0.4, 0.5) is 13.2 Å². The predicted molar refractivity (Wildman–Crippen MR) is 89.9 cm³/mol. The topological polar surface area (TPSA) is 134 Å². The highest BCUT2D eigenvalue weighted by atomic mass is 32.2. The molecule has 1 N–H and O–H groups in total. The van der Waals surface area contributed by atoms with E-state index in [0.29, 0.717) is 4.90 Å². The van der Waals surface area contributed by atoms with Crippen LogP contribution in [0.2, 0.25) is 0 Å². The Morgan fingerprint density at radius 2 is 1.79 bits per heavy atom. The molecule has 0 aliphatic heterocycles. The number of rotatable bonds is 8. The van der Waals surface area contributed by atoms with Crippen molar-refractivity contribution in [1.82, 2.24) is 9.62 Å². The van der Waals surface area contributed by atoms with E-state index in [1.807, 2.05) is 4.72 Å². The van der Waals surface area contributed by atoms with E-state index in [2.05, 4.69) is 4.74 Å². The van der Waals surface area contributed by atoms with E-state index >= 15 is 0 Å². The number of hydrogen-bond acceptors (Lipinski definition) is 7. The highest BCUT2D eigenvalue weighted by Gasteiger charge is 2.33. The van der Waals surface area contributed by atoms with Crippen molar-refractivity contribution in [3.8, 4) is 11.9 Å². The lowest BCUT2D eigenvalue weighted by atomic mass is 10.3. The zero-order chi connectivity index (χ0) is 21.8. The number of nitrogens with one attached hydrogen (secondary N) is 1. The van der Waals surface area contributed by atoms with Crippen molar-refractivity contribution in [1.29, 1.82) is 5.26 Å². The van der Waals surface area contributed by atoms with Gasteiger partial charge in [-0.15, -0.1) is 13.2 Å². The summed E-state index contributed by atoms with van der Waals surface area (Å²) in [5, 5.41) is 8.91. The molecule has 0 spiro atoms. The molecular weight excluding hydrogens is 427 g/mol. The van der Waals surface area contributed by atoms with Gasteiger partial charge in [0.1, 0.15) is 21.6 Å². The first kappa shape index (κ1) is 23.7. The van der Waals surface area contributed by atoms with Crippen LogP contribution in [-0.2, 0) is 24.7 Å². The van der Waals surface area contributed by atoms with Crippen LogP contribution in [0, 0.1) is 11.5 Å². The number of benzene rings is 1. The summed E-state index contributed by atoms with van der Waals surface area (Å²) in [5.74, 6) is -2.67. The van der Waals surface area contributed by atoms with Crippen molar-refractivity contribution in [2.24, 2.45) is 0 Å². The summed E-state index contributed by atoms with van der Waals surface area (Å²) in [6, 6.07) is 1.25. The lowest BCUT2D eigenvalue weighted by molar-refractivity contribution is -0.274. The molecule has 0 fully saturated rings. The molecule has 0 saturated heterocycles. The van der Waals surface area contributed by atoms with Gasteiger partial charge in [0.15, 0.2) is 6.19 Å². The number of sulfonamides is 1. The number of amides is 1. The quantitative estimate of drug-likeness (QED) is 0.459. The molecule has 28 heavy (non-hydrogen) atoms. The molecule has 0 aliphatic rings. The molecule has 0 saturated carbocycles. The second kappa shape index (κ2) is 8.76. The Bertz CT molecular complexity index is 954. The number of halogens is 3. The van der Waals surface area contributed by atoms with Crippen molar-refractivity contribution in [2.45, 2.75) is 24.2 Å². The van der Waals surface area contributed by atoms with Crippen LogP contribution >= 0.6 is 0 Å². The molecular formula is C14H16F3N3O6S2. The fourth-order valence-electron chi connectivity index (χ4n) is 2.00. The first-order chi connectivity index (χ1) is 12.7. The second-order valence-corrected chi connectivity index (χ2v) is 9.37. The van der Waals surface area contributed by atoms with E-state index in [1.165, 1.54) is 13.1 Å². The van der Waals surface area contributed by atoms with Crippen LogP contribution in [0.5, 0.6) is 5.75 Å². The zero-order valence-corrected chi connectivity index (χ0v) is 16.2. The molecule has 1 amide bonds. The maximum atomic E-state index is 12.4. The van der Waals surface area contributed by atoms with E-state index in [4.69, 9.17) is 5.26 Å². The lowest BCUT2D eigenvalue weighted by Gasteiger charge is -2.21. The van der Waals surface area contributed by atoms with Gasteiger partial charge in [-0.3, -0.25) is 4.79 Å². The molecule has 156 valence electrons. The van der Waals surface area contributed by atoms with Gasteiger partial charge in [0.05, 0.1) is 10.6 Å². The molecule has 1 aromatic rings.